The summed E-state index contributed by atoms with van der Waals surface area (Å²) in [7, 11) is 0. The normalized spacial score (nSPS) is 25.4. The lowest BCUT2D eigenvalue weighted by Gasteiger charge is -2.37. The largest absolute Gasteiger partial charge is 0.391 e. The summed E-state index contributed by atoms with van der Waals surface area (Å²) in [6.07, 6.45) is 1.46. The van der Waals surface area contributed by atoms with Crippen LogP contribution in [0, 0.1) is 11.8 Å². The zero-order valence-corrected chi connectivity index (χ0v) is 13.3. The Morgan fingerprint density at radius 2 is 2.05 bits per heavy atom. The van der Waals surface area contributed by atoms with Crippen LogP contribution in [0.25, 0.3) is 0 Å². The minimum absolute atomic E-state index is 0.100. The summed E-state index contributed by atoms with van der Waals surface area (Å²) in [5.41, 5.74) is 1.09. The molecule has 1 amide bonds. The first-order valence-corrected chi connectivity index (χ1v) is 8.06. The molecule has 0 aliphatic carbocycles. The van der Waals surface area contributed by atoms with Gasteiger partial charge in [-0.3, -0.25) is 4.79 Å². The molecule has 2 rings (SSSR count). The smallest absolute Gasteiger partial charge is 0.230 e. The monoisotopic (exact) mass is 289 g/mol. The Morgan fingerprint density at radius 3 is 2.62 bits per heavy atom. The lowest BCUT2D eigenvalue weighted by molar-refractivity contribution is -0.138. The molecule has 116 valence electrons. The molecule has 21 heavy (non-hydrogen) atoms. The Balaban J connectivity index is 2.19. The molecule has 0 spiro atoms. The van der Waals surface area contributed by atoms with Gasteiger partial charge < -0.3 is 10.0 Å². The third-order valence-corrected chi connectivity index (χ3v) is 4.87. The average molecular weight is 289 g/mol. The van der Waals surface area contributed by atoms with E-state index in [1.807, 2.05) is 35.2 Å². The molecule has 1 saturated heterocycles. The van der Waals surface area contributed by atoms with Gasteiger partial charge in [0.25, 0.3) is 0 Å². The fraction of sp³-hybridized carbons (Fsp3) is 0.611. The van der Waals surface area contributed by atoms with Crippen LogP contribution < -0.4 is 0 Å². The topological polar surface area (TPSA) is 40.5 Å². The van der Waals surface area contributed by atoms with Gasteiger partial charge >= 0.3 is 0 Å². The highest BCUT2D eigenvalue weighted by Gasteiger charge is 2.34. The zero-order chi connectivity index (χ0) is 15.4. The predicted molar refractivity (Wildman–Crippen MR) is 85.0 cm³/mol. The number of likely N-dealkylation sites (tertiary alicyclic amines) is 1. The molecule has 1 aromatic rings. The third kappa shape index (κ3) is 3.65. The van der Waals surface area contributed by atoms with Crippen molar-refractivity contribution in [3.8, 4) is 0 Å². The van der Waals surface area contributed by atoms with Gasteiger partial charge in [-0.05, 0) is 23.8 Å². The second-order valence-corrected chi connectivity index (χ2v) is 6.39. The predicted octanol–water partition coefficient (Wildman–Crippen LogP) is 3.05. The standard InChI is InChI=1S/C18H27NO2/c1-4-13(2)17(15-8-6-5-7-9-15)18(21)19-11-10-14(3)16(20)12-19/h5-9,13-14,16-17,20H,4,10-12H2,1-3H3. The molecule has 4 unspecified atom stereocenters. The molecule has 1 heterocycles. The maximum atomic E-state index is 13.0. The number of carbonyl (C=O) groups is 1. The Bertz CT molecular complexity index is 460. The van der Waals surface area contributed by atoms with Crippen LogP contribution in [0.4, 0.5) is 0 Å². The van der Waals surface area contributed by atoms with E-state index in [9.17, 15) is 9.90 Å². The van der Waals surface area contributed by atoms with Crippen molar-refractivity contribution in [1.82, 2.24) is 4.90 Å². The van der Waals surface area contributed by atoms with Crippen LogP contribution in [0.1, 0.15) is 45.1 Å². The molecule has 1 aromatic carbocycles. The number of piperidine rings is 1. The zero-order valence-electron chi connectivity index (χ0n) is 13.3. The molecule has 1 N–H and O–H groups in total. The van der Waals surface area contributed by atoms with Gasteiger partial charge in [0.15, 0.2) is 0 Å². The van der Waals surface area contributed by atoms with Crippen LogP contribution in [-0.4, -0.2) is 35.1 Å². The number of nitrogens with zero attached hydrogens (tertiary/aromatic N) is 1. The highest BCUT2D eigenvalue weighted by Crippen LogP contribution is 2.30. The number of hydrogen-bond acceptors (Lipinski definition) is 2. The van der Waals surface area contributed by atoms with E-state index in [2.05, 4.69) is 20.8 Å². The number of amides is 1. The molecule has 1 aliphatic rings. The first-order valence-electron chi connectivity index (χ1n) is 8.06. The molecule has 4 atom stereocenters. The fourth-order valence-electron chi connectivity index (χ4n) is 3.06. The van der Waals surface area contributed by atoms with E-state index < -0.39 is 6.10 Å². The van der Waals surface area contributed by atoms with Crippen molar-refractivity contribution in [1.29, 1.82) is 0 Å². The van der Waals surface area contributed by atoms with Crippen molar-refractivity contribution in [2.75, 3.05) is 13.1 Å². The summed E-state index contributed by atoms with van der Waals surface area (Å²) < 4.78 is 0. The highest BCUT2D eigenvalue weighted by atomic mass is 16.3. The summed E-state index contributed by atoms with van der Waals surface area (Å²) in [6.45, 7) is 7.55. The van der Waals surface area contributed by atoms with Crippen molar-refractivity contribution in [2.24, 2.45) is 11.8 Å². The molecular weight excluding hydrogens is 262 g/mol. The fourth-order valence-corrected chi connectivity index (χ4v) is 3.06. The van der Waals surface area contributed by atoms with Gasteiger partial charge in [0.1, 0.15) is 0 Å². The molecule has 3 nitrogen and oxygen atoms in total. The van der Waals surface area contributed by atoms with E-state index in [1.54, 1.807) is 0 Å². The summed E-state index contributed by atoms with van der Waals surface area (Å²) in [4.78, 5) is 14.8. The number of aliphatic hydroxyl groups excluding tert-OH is 1. The number of benzene rings is 1. The van der Waals surface area contributed by atoms with Gasteiger partial charge in [-0.25, -0.2) is 0 Å². The number of hydrogen-bond donors (Lipinski definition) is 1. The minimum atomic E-state index is -0.393. The van der Waals surface area contributed by atoms with E-state index >= 15 is 0 Å². The van der Waals surface area contributed by atoms with Crippen molar-refractivity contribution in [3.05, 3.63) is 35.9 Å². The van der Waals surface area contributed by atoms with Crippen molar-refractivity contribution >= 4 is 5.91 Å². The Kier molecular flexibility index (Phi) is 5.40. The van der Waals surface area contributed by atoms with Gasteiger partial charge in [0, 0.05) is 13.1 Å². The molecule has 3 heteroatoms. The third-order valence-electron chi connectivity index (χ3n) is 4.87. The van der Waals surface area contributed by atoms with Crippen molar-refractivity contribution < 1.29 is 9.90 Å². The Morgan fingerprint density at radius 1 is 1.38 bits per heavy atom. The van der Waals surface area contributed by atoms with Crippen molar-refractivity contribution in [3.63, 3.8) is 0 Å². The first kappa shape index (κ1) is 16.0. The molecule has 0 saturated carbocycles. The maximum absolute atomic E-state index is 13.0. The summed E-state index contributed by atoms with van der Waals surface area (Å²) in [5, 5.41) is 10.1. The van der Waals surface area contributed by atoms with E-state index in [0.717, 1.165) is 24.9 Å². The quantitative estimate of drug-likeness (QED) is 0.925. The summed E-state index contributed by atoms with van der Waals surface area (Å²) in [5.74, 6) is 0.655. The lowest BCUT2D eigenvalue weighted by atomic mass is 9.83. The van der Waals surface area contributed by atoms with Crippen LogP contribution >= 0.6 is 0 Å². The molecule has 1 fully saturated rings. The maximum Gasteiger partial charge on any atom is 0.230 e. The van der Waals surface area contributed by atoms with Gasteiger partial charge in [0.2, 0.25) is 5.91 Å². The highest BCUT2D eigenvalue weighted by molar-refractivity contribution is 5.84. The molecule has 0 aromatic heterocycles. The van der Waals surface area contributed by atoms with Crippen LogP contribution in [0.15, 0.2) is 30.3 Å². The molecule has 1 aliphatic heterocycles. The van der Waals surface area contributed by atoms with Gasteiger partial charge in [-0.2, -0.15) is 0 Å². The SMILES string of the molecule is CCC(C)C(C(=O)N1CCC(C)C(O)C1)c1ccccc1. The average Bonchev–Trinajstić information content (AvgIpc) is 2.51. The lowest BCUT2D eigenvalue weighted by Crippen LogP contribution is -2.48. The van der Waals surface area contributed by atoms with E-state index in [-0.39, 0.29) is 17.7 Å². The second-order valence-electron chi connectivity index (χ2n) is 6.39. The second kappa shape index (κ2) is 7.08. The van der Waals surface area contributed by atoms with Gasteiger partial charge in [-0.15, -0.1) is 0 Å². The molecule has 0 radical (unpaired) electrons. The van der Waals surface area contributed by atoms with Crippen LogP contribution in [0.3, 0.4) is 0 Å². The van der Waals surface area contributed by atoms with Crippen LogP contribution in [0.5, 0.6) is 0 Å². The Labute approximate surface area is 128 Å². The van der Waals surface area contributed by atoms with Gasteiger partial charge in [-0.1, -0.05) is 57.5 Å². The Hall–Kier alpha value is -1.35. The number of rotatable bonds is 4. The minimum Gasteiger partial charge on any atom is -0.391 e. The van der Waals surface area contributed by atoms with Crippen molar-refractivity contribution in [2.45, 2.75) is 45.6 Å². The molecule has 0 bridgehead atoms. The van der Waals surface area contributed by atoms with Crippen LogP contribution in [-0.2, 0) is 4.79 Å². The van der Waals surface area contributed by atoms with E-state index in [0.29, 0.717) is 12.5 Å². The van der Waals surface area contributed by atoms with Gasteiger partial charge in [0.05, 0.1) is 12.0 Å². The van der Waals surface area contributed by atoms with E-state index in [4.69, 9.17) is 0 Å². The van der Waals surface area contributed by atoms with E-state index in [1.165, 1.54) is 0 Å². The molecular formula is C18H27NO2. The number of aliphatic hydroxyl groups is 1. The summed E-state index contributed by atoms with van der Waals surface area (Å²) in [6, 6.07) is 10.0. The number of β-amino-alcohol motifs (C(OH)–C–C–N with tert-alkyl or cyclic N) is 1. The van der Waals surface area contributed by atoms with Crippen LogP contribution in [0.2, 0.25) is 0 Å². The first-order chi connectivity index (χ1) is 10.0. The summed E-state index contributed by atoms with van der Waals surface area (Å²) >= 11 is 0. The number of carbonyl (C=O) groups excluding carboxylic acids is 1.